The molecule has 0 bridgehead atoms. The highest BCUT2D eigenvalue weighted by Crippen LogP contribution is 2.40. The van der Waals surface area contributed by atoms with E-state index >= 15 is 0 Å². The lowest BCUT2D eigenvalue weighted by molar-refractivity contribution is 0.168. The minimum Gasteiger partial charge on any atom is -0.486 e. The number of piperidine rings is 1. The molecular weight excluding hydrogens is 214 g/mol. The first-order valence-electron chi connectivity index (χ1n) is 6.48. The highest BCUT2D eigenvalue weighted by atomic mass is 16.6. The second-order valence-electron chi connectivity index (χ2n) is 4.88. The molecule has 1 atom stereocenters. The van der Waals surface area contributed by atoms with E-state index in [1.807, 2.05) is 0 Å². The van der Waals surface area contributed by atoms with Crippen molar-refractivity contribution in [1.29, 1.82) is 0 Å². The van der Waals surface area contributed by atoms with Gasteiger partial charge in [-0.3, -0.25) is 0 Å². The van der Waals surface area contributed by atoms with Gasteiger partial charge in [0.2, 0.25) is 0 Å². The molecule has 3 rings (SSSR count). The number of ether oxygens (including phenoxy) is 2. The van der Waals surface area contributed by atoms with Crippen LogP contribution in [0.5, 0.6) is 11.5 Å². The summed E-state index contributed by atoms with van der Waals surface area (Å²) in [6, 6.07) is 4.73. The number of benzene rings is 1. The quantitative estimate of drug-likeness (QED) is 0.808. The molecule has 0 amide bonds. The van der Waals surface area contributed by atoms with Crippen LogP contribution in [0.4, 0.5) is 0 Å². The van der Waals surface area contributed by atoms with Gasteiger partial charge >= 0.3 is 0 Å². The van der Waals surface area contributed by atoms with Gasteiger partial charge in [-0.25, -0.2) is 0 Å². The Morgan fingerprint density at radius 2 is 2.06 bits per heavy atom. The molecule has 92 valence electrons. The molecule has 3 heteroatoms. The Labute approximate surface area is 102 Å². The largest absolute Gasteiger partial charge is 0.486 e. The van der Waals surface area contributed by atoms with Gasteiger partial charge in [0.25, 0.3) is 0 Å². The molecule has 0 aliphatic carbocycles. The van der Waals surface area contributed by atoms with Crippen molar-refractivity contribution < 1.29 is 9.47 Å². The lowest BCUT2D eigenvalue weighted by Gasteiger charge is -2.29. The Bertz CT molecular complexity index is 411. The van der Waals surface area contributed by atoms with E-state index in [0.29, 0.717) is 19.3 Å². The second-order valence-corrected chi connectivity index (χ2v) is 4.88. The van der Waals surface area contributed by atoms with Gasteiger partial charge in [0.05, 0.1) is 0 Å². The van der Waals surface area contributed by atoms with Crippen LogP contribution in [0.25, 0.3) is 0 Å². The average molecular weight is 233 g/mol. The topological polar surface area (TPSA) is 30.5 Å². The fourth-order valence-corrected chi connectivity index (χ4v) is 2.70. The molecule has 1 aromatic carbocycles. The van der Waals surface area contributed by atoms with Gasteiger partial charge in [-0.1, -0.05) is 12.5 Å². The summed E-state index contributed by atoms with van der Waals surface area (Å²) in [6.07, 6.45) is 3.77. The first kappa shape index (κ1) is 10.9. The summed E-state index contributed by atoms with van der Waals surface area (Å²) in [6.45, 7) is 4.54. The summed E-state index contributed by atoms with van der Waals surface area (Å²) in [5.74, 6) is 1.87. The SMILES string of the molecule is Cc1cc2c(c(C3CCCCN3)c1)OCCO2. The number of nitrogens with one attached hydrogen (secondary N) is 1. The lowest BCUT2D eigenvalue weighted by atomic mass is 9.95. The van der Waals surface area contributed by atoms with Crippen molar-refractivity contribution in [2.24, 2.45) is 0 Å². The maximum Gasteiger partial charge on any atom is 0.166 e. The van der Waals surface area contributed by atoms with E-state index in [0.717, 1.165) is 18.0 Å². The Kier molecular flexibility index (Phi) is 2.93. The third-order valence-electron chi connectivity index (χ3n) is 3.50. The number of aryl methyl sites for hydroxylation is 1. The maximum atomic E-state index is 5.80. The van der Waals surface area contributed by atoms with Crippen molar-refractivity contribution in [3.05, 3.63) is 23.3 Å². The van der Waals surface area contributed by atoms with Crippen LogP contribution in [-0.2, 0) is 0 Å². The Hall–Kier alpha value is -1.22. The molecule has 1 unspecified atom stereocenters. The predicted octanol–water partition coefficient (Wildman–Crippen LogP) is 2.58. The molecule has 2 heterocycles. The van der Waals surface area contributed by atoms with Gasteiger partial charge in [-0.05, 0) is 37.9 Å². The zero-order valence-electron chi connectivity index (χ0n) is 10.3. The number of hydrogen-bond donors (Lipinski definition) is 1. The third-order valence-corrected chi connectivity index (χ3v) is 3.50. The van der Waals surface area contributed by atoms with Gasteiger partial charge in [0, 0.05) is 11.6 Å². The molecule has 1 saturated heterocycles. The van der Waals surface area contributed by atoms with Crippen molar-refractivity contribution >= 4 is 0 Å². The number of rotatable bonds is 1. The van der Waals surface area contributed by atoms with Crippen LogP contribution in [0, 0.1) is 6.92 Å². The van der Waals surface area contributed by atoms with Gasteiger partial charge in [0.15, 0.2) is 11.5 Å². The standard InChI is InChI=1S/C14H19NO2/c1-10-8-11(12-4-2-3-5-15-12)14-13(9-10)16-6-7-17-14/h8-9,12,15H,2-7H2,1H3. The van der Waals surface area contributed by atoms with Gasteiger partial charge in [-0.15, -0.1) is 0 Å². The minimum atomic E-state index is 0.430. The predicted molar refractivity (Wildman–Crippen MR) is 66.8 cm³/mol. The molecule has 0 spiro atoms. The van der Waals surface area contributed by atoms with Crippen LogP contribution < -0.4 is 14.8 Å². The van der Waals surface area contributed by atoms with Crippen LogP contribution in [0.1, 0.15) is 36.4 Å². The van der Waals surface area contributed by atoms with Crippen molar-refractivity contribution in [2.45, 2.75) is 32.2 Å². The molecule has 2 aliphatic heterocycles. The van der Waals surface area contributed by atoms with E-state index in [-0.39, 0.29) is 0 Å². The van der Waals surface area contributed by atoms with Crippen LogP contribution in [0.15, 0.2) is 12.1 Å². The Balaban J connectivity index is 1.98. The van der Waals surface area contributed by atoms with Crippen molar-refractivity contribution in [3.63, 3.8) is 0 Å². The first-order valence-corrected chi connectivity index (χ1v) is 6.48. The number of hydrogen-bond acceptors (Lipinski definition) is 3. The molecule has 2 aliphatic rings. The van der Waals surface area contributed by atoms with E-state index in [4.69, 9.17) is 9.47 Å². The van der Waals surface area contributed by atoms with Crippen LogP contribution in [0.3, 0.4) is 0 Å². The Morgan fingerprint density at radius 1 is 1.18 bits per heavy atom. The zero-order chi connectivity index (χ0) is 11.7. The Morgan fingerprint density at radius 3 is 2.88 bits per heavy atom. The molecule has 1 fully saturated rings. The lowest BCUT2D eigenvalue weighted by Crippen LogP contribution is -2.28. The average Bonchev–Trinajstić information content (AvgIpc) is 2.39. The van der Waals surface area contributed by atoms with E-state index < -0.39 is 0 Å². The molecular formula is C14H19NO2. The highest BCUT2D eigenvalue weighted by Gasteiger charge is 2.23. The summed E-state index contributed by atoms with van der Waals surface area (Å²) >= 11 is 0. The van der Waals surface area contributed by atoms with Crippen molar-refractivity contribution in [2.75, 3.05) is 19.8 Å². The van der Waals surface area contributed by atoms with Crippen LogP contribution >= 0.6 is 0 Å². The van der Waals surface area contributed by atoms with Gasteiger partial charge < -0.3 is 14.8 Å². The van der Waals surface area contributed by atoms with Crippen molar-refractivity contribution in [1.82, 2.24) is 5.32 Å². The summed E-state index contributed by atoms with van der Waals surface area (Å²) < 4.78 is 11.5. The fraction of sp³-hybridized carbons (Fsp3) is 0.571. The molecule has 1 aromatic rings. The second kappa shape index (κ2) is 4.57. The first-order chi connectivity index (χ1) is 8.34. The van der Waals surface area contributed by atoms with E-state index in [1.165, 1.54) is 30.4 Å². The van der Waals surface area contributed by atoms with Crippen molar-refractivity contribution in [3.8, 4) is 11.5 Å². The molecule has 3 nitrogen and oxygen atoms in total. The van der Waals surface area contributed by atoms with E-state index in [2.05, 4.69) is 24.4 Å². The molecule has 0 aromatic heterocycles. The van der Waals surface area contributed by atoms with Crippen LogP contribution in [0.2, 0.25) is 0 Å². The van der Waals surface area contributed by atoms with Gasteiger partial charge in [0.1, 0.15) is 13.2 Å². The molecule has 1 N–H and O–H groups in total. The van der Waals surface area contributed by atoms with E-state index in [9.17, 15) is 0 Å². The highest BCUT2D eigenvalue weighted by molar-refractivity contribution is 5.51. The third kappa shape index (κ3) is 2.12. The maximum absolute atomic E-state index is 5.80. The summed E-state index contributed by atoms with van der Waals surface area (Å²) in [5, 5.41) is 3.58. The summed E-state index contributed by atoms with van der Waals surface area (Å²) in [5.41, 5.74) is 2.52. The number of fused-ring (bicyclic) bond motifs is 1. The summed E-state index contributed by atoms with van der Waals surface area (Å²) in [4.78, 5) is 0. The summed E-state index contributed by atoms with van der Waals surface area (Å²) in [7, 11) is 0. The smallest absolute Gasteiger partial charge is 0.166 e. The fourth-order valence-electron chi connectivity index (χ4n) is 2.70. The van der Waals surface area contributed by atoms with Gasteiger partial charge in [-0.2, -0.15) is 0 Å². The molecule has 0 saturated carbocycles. The molecule has 17 heavy (non-hydrogen) atoms. The zero-order valence-corrected chi connectivity index (χ0v) is 10.3. The van der Waals surface area contributed by atoms with Crippen LogP contribution in [-0.4, -0.2) is 19.8 Å². The minimum absolute atomic E-state index is 0.430. The monoisotopic (exact) mass is 233 g/mol. The normalized spacial score (nSPS) is 23.5. The molecule has 0 radical (unpaired) electrons. The van der Waals surface area contributed by atoms with E-state index in [1.54, 1.807) is 0 Å².